The van der Waals surface area contributed by atoms with Crippen LogP contribution in [0, 0.1) is 10.8 Å². The van der Waals surface area contributed by atoms with Crippen LogP contribution in [-0.2, 0) is 0 Å². The fourth-order valence-electron chi connectivity index (χ4n) is 1.15. The minimum absolute atomic E-state index is 0.210. The van der Waals surface area contributed by atoms with Crippen LogP contribution in [-0.4, -0.2) is 17.3 Å². The Hall–Kier alpha value is -1.77. The van der Waals surface area contributed by atoms with Gasteiger partial charge in [-0.05, 0) is 18.2 Å². The summed E-state index contributed by atoms with van der Waals surface area (Å²) >= 11 is 0. The van der Waals surface area contributed by atoms with Crippen LogP contribution in [0.25, 0.3) is 0 Å². The lowest BCUT2D eigenvalue weighted by Crippen LogP contribution is -2.19. The smallest absolute Gasteiger partial charge is 0.145 e. The quantitative estimate of drug-likeness (QED) is 0.500. The molecule has 0 atom stereocenters. The van der Waals surface area contributed by atoms with Crippen molar-refractivity contribution in [3.05, 3.63) is 36.0 Å². The first-order valence-electron chi connectivity index (χ1n) is 3.60. The Balaban J connectivity index is 2.53. The number of fused-ring (bicyclic) bond motifs is 1. The number of nitrogens with zero attached hydrogens (tertiary/aromatic N) is 1. The summed E-state index contributed by atoms with van der Waals surface area (Å²) in [5.74, 6) is 0.210. The average molecular weight is 157 g/mol. The van der Waals surface area contributed by atoms with Crippen molar-refractivity contribution in [3.8, 4) is 0 Å². The number of aliphatic imine (C=N–C) groups is 1. The average Bonchev–Trinajstić information content (AvgIpc) is 2.07. The highest BCUT2D eigenvalue weighted by Crippen LogP contribution is 2.12. The van der Waals surface area contributed by atoms with E-state index in [0.29, 0.717) is 11.4 Å². The highest BCUT2D eigenvalue weighted by atomic mass is 14.8. The Morgan fingerprint density at radius 3 is 2.75 bits per heavy atom. The van der Waals surface area contributed by atoms with Crippen molar-refractivity contribution >= 4 is 17.3 Å². The van der Waals surface area contributed by atoms with Gasteiger partial charge in [0.25, 0.3) is 0 Å². The molecule has 2 rings (SSSR count). The van der Waals surface area contributed by atoms with Crippen LogP contribution in [0.2, 0.25) is 0 Å². The largest absolute Gasteiger partial charge is 0.299 e. The van der Waals surface area contributed by atoms with Gasteiger partial charge in [0.1, 0.15) is 5.84 Å². The van der Waals surface area contributed by atoms with E-state index in [0.717, 1.165) is 5.57 Å². The van der Waals surface area contributed by atoms with Crippen LogP contribution >= 0.6 is 0 Å². The molecule has 3 heteroatoms. The first-order chi connectivity index (χ1) is 5.77. The van der Waals surface area contributed by atoms with Crippen molar-refractivity contribution in [2.75, 3.05) is 0 Å². The van der Waals surface area contributed by atoms with E-state index in [-0.39, 0.29) is 5.84 Å². The molecule has 0 fully saturated rings. The van der Waals surface area contributed by atoms with Crippen LogP contribution < -0.4 is 0 Å². The predicted octanol–water partition coefficient (Wildman–Crippen LogP) is 1.49. The van der Waals surface area contributed by atoms with E-state index in [1.807, 2.05) is 18.2 Å². The molecule has 3 nitrogen and oxygen atoms in total. The zero-order valence-corrected chi connectivity index (χ0v) is 6.33. The van der Waals surface area contributed by atoms with Gasteiger partial charge < -0.3 is 0 Å². The topological polar surface area (TPSA) is 60.1 Å². The van der Waals surface area contributed by atoms with E-state index in [1.54, 1.807) is 12.2 Å². The molecule has 1 aliphatic carbocycles. The van der Waals surface area contributed by atoms with Gasteiger partial charge in [0, 0.05) is 5.57 Å². The van der Waals surface area contributed by atoms with Gasteiger partial charge in [0.15, 0.2) is 0 Å². The van der Waals surface area contributed by atoms with Crippen LogP contribution in [0.1, 0.15) is 0 Å². The molecule has 0 radical (unpaired) electrons. The minimum atomic E-state index is 0.210. The number of nitrogens with one attached hydrogen (secondary N) is 2. The third kappa shape index (κ3) is 0.955. The SMILES string of the molecule is N=C1C=CC2=CC=CC(=N)C2=N1. The molecule has 0 aromatic heterocycles. The second-order valence-corrected chi connectivity index (χ2v) is 2.57. The fraction of sp³-hybridized carbons (Fsp3) is 0. The van der Waals surface area contributed by atoms with Crippen molar-refractivity contribution in [3.63, 3.8) is 0 Å². The lowest BCUT2D eigenvalue weighted by atomic mass is 9.98. The molecular weight excluding hydrogens is 150 g/mol. The van der Waals surface area contributed by atoms with Gasteiger partial charge in [-0.2, -0.15) is 0 Å². The zero-order chi connectivity index (χ0) is 8.55. The summed E-state index contributed by atoms with van der Waals surface area (Å²) in [4.78, 5) is 3.95. The van der Waals surface area contributed by atoms with E-state index >= 15 is 0 Å². The second kappa shape index (κ2) is 2.37. The molecule has 0 aromatic rings. The highest BCUT2D eigenvalue weighted by Gasteiger charge is 2.14. The Morgan fingerprint density at radius 1 is 1.08 bits per heavy atom. The maximum Gasteiger partial charge on any atom is 0.145 e. The normalized spacial score (nSPS) is 20.3. The van der Waals surface area contributed by atoms with Gasteiger partial charge in [-0.15, -0.1) is 0 Å². The molecule has 2 aliphatic rings. The molecule has 0 aromatic carbocycles. The zero-order valence-electron chi connectivity index (χ0n) is 6.33. The summed E-state index contributed by atoms with van der Waals surface area (Å²) in [6.07, 6.45) is 8.81. The summed E-state index contributed by atoms with van der Waals surface area (Å²) in [5.41, 5.74) is 1.89. The van der Waals surface area contributed by atoms with Crippen LogP contribution in [0.5, 0.6) is 0 Å². The molecule has 58 valence electrons. The third-order valence-electron chi connectivity index (χ3n) is 1.72. The number of rotatable bonds is 0. The maximum atomic E-state index is 7.51. The van der Waals surface area contributed by atoms with Crippen LogP contribution in [0.4, 0.5) is 0 Å². The van der Waals surface area contributed by atoms with E-state index in [9.17, 15) is 0 Å². The molecule has 0 unspecified atom stereocenters. The molecule has 2 N–H and O–H groups in total. The Bertz CT molecular complexity index is 381. The Morgan fingerprint density at radius 2 is 1.92 bits per heavy atom. The van der Waals surface area contributed by atoms with E-state index < -0.39 is 0 Å². The van der Waals surface area contributed by atoms with Crippen molar-refractivity contribution in [2.24, 2.45) is 4.99 Å². The van der Waals surface area contributed by atoms with Gasteiger partial charge in [-0.1, -0.05) is 12.2 Å². The molecule has 1 aliphatic heterocycles. The fourth-order valence-corrected chi connectivity index (χ4v) is 1.15. The molecule has 1 heterocycles. The molecule has 12 heavy (non-hydrogen) atoms. The van der Waals surface area contributed by atoms with Crippen LogP contribution in [0.3, 0.4) is 0 Å². The number of dihydropyridines is 1. The Labute approximate surface area is 69.8 Å². The number of amidine groups is 1. The lowest BCUT2D eigenvalue weighted by molar-refractivity contribution is 1.43. The predicted molar refractivity (Wildman–Crippen MR) is 49.3 cm³/mol. The molecule has 0 saturated heterocycles. The van der Waals surface area contributed by atoms with E-state index in [2.05, 4.69) is 4.99 Å². The standard InChI is InChI=1S/C9H7N3/c10-7-3-1-2-6-4-5-8(11)12-9(6)7/h1-5,10-11H. The van der Waals surface area contributed by atoms with Gasteiger partial charge in [0.2, 0.25) is 0 Å². The first kappa shape index (κ1) is 6.91. The van der Waals surface area contributed by atoms with Gasteiger partial charge >= 0.3 is 0 Å². The molecule has 0 bridgehead atoms. The van der Waals surface area contributed by atoms with Crippen molar-refractivity contribution in [1.82, 2.24) is 0 Å². The molecule has 0 amide bonds. The first-order valence-corrected chi connectivity index (χ1v) is 3.60. The lowest BCUT2D eigenvalue weighted by Gasteiger charge is -2.12. The highest BCUT2D eigenvalue weighted by molar-refractivity contribution is 6.54. The van der Waals surface area contributed by atoms with Crippen LogP contribution in [0.15, 0.2) is 40.9 Å². The summed E-state index contributed by atoms with van der Waals surface area (Å²) < 4.78 is 0. The number of hydrogen-bond donors (Lipinski definition) is 2. The molecular formula is C9H7N3. The summed E-state index contributed by atoms with van der Waals surface area (Å²) in [5, 5.41) is 14.8. The maximum absolute atomic E-state index is 7.51. The number of allylic oxidation sites excluding steroid dienone is 5. The van der Waals surface area contributed by atoms with Crippen molar-refractivity contribution in [1.29, 1.82) is 10.8 Å². The van der Waals surface area contributed by atoms with E-state index in [1.165, 1.54) is 0 Å². The van der Waals surface area contributed by atoms with Gasteiger partial charge in [0.05, 0.1) is 11.4 Å². The number of hydrogen-bond acceptors (Lipinski definition) is 2. The third-order valence-corrected chi connectivity index (χ3v) is 1.72. The molecule has 0 spiro atoms. The minimum Gasteiger partial charge on any atom is -0.299 e. The van der Waals surface area contributed by atoms with Crippen molar-refractivity contribution < 1.29 is 0 Å². The van der Waals surface area contributed by atoms with Gasteiger partial charge in [-0.3, -0.25) is 10.8 Å². The molecule has 0 saturated carbocycles. The summed E-state index contributed by atoms with van der Waals surface area (Å²) in [6, 6.07) is 0. The van der Waals surface area contributed by atoms with Gasteiger partial charge in [-0.25, -0.2) is 4.99 Å². The summed E-state index contributed by atoms with van der Waals surface area (Å²) in [7, 11) is 0. The van der Waals surface area contributed by atoms with E-state index in [4.69, 9.17) is 10.8 Å². The second-order valence-electron chi connectivity index (χ2n) is 2.57. The summed E-state index contributed by atoms with van der Waals surface area (Å²) in [6.45, 7) is 0. The monoisotopic (exact) mass is 157 g/mol. The Kier molecular flexibility index (Phi) is 1.37. The van der Waals surface area contributed by atoms with Crippen molar-refractivity contribution in [2.45, 2.75) is 0 Å².